The lowest BCUT2D eigenvalue weighted by Crippen LogP contribution is -2.29. The molecular weight excluding hydrogens is 880 g/mol. The Labute approximate surface area is 390 Å². The predicted octanol–water partition coefficient (Wildman–Crippen LogP) is 12.5. The van der Waals surface area contributed by atoms with Crippen LogP contribution in [0.3, 0.4) is 0 Å². The summed E-state index contributed by atoms with van der Waals surface area (Å²) >= 11 is 15.6. The van der Waals surface area contributed by atoms with E-state index >= 15 is 0 Å². The van der Waals surface area contributed by atoms with E-state index in [1.165, 1.54) is 64.6 Å². The fraction of sp³-hybridized carbons (Fsp3) is 0.173. The lowest BCUT2D eigenvalue weighted by Gasteiger charge is -2.21. The highest BCUT2D eigenvalue weighted by Crippen LogP contribution is 2.42. The second-order valence-electron chi connectivity index (χ2n) is 16.0. The Hall–Kier alpha value is -4.58. The van der Waals surface area contributed by atoms with Crippen molar-refractivity contribution >= 4 is 74.9 Å². The molecule has 0 amide bonds. The Morgan fingerprint density at radius 2 is 1.16 bits per heavy atom. The van der Waals surface area contributed by atoms with Crippen molar-refractivity contribution in [2.45, 2.75) is 77.9 Å². The number of aryl methyl sites for hydroxylation is 3. The normalized spacial score (nSPS) is 13.1. The minimum Gasteiger partial charge on any atom is -0.423 e. The van der Waals surface area contributed by atoms with Crippen LogP contribution in [0, 0.1) is 20.8 Å². The molecule has 0 spiro atoms. The van der Waals surface area contributed by atoms with Crippen molar-refractivity contribution in [3.8, 4) is 0 Å². The molecule has 11 heteroatoms. The smallest absolute Gasteiger partial charge is 0.423 e. The van der Waals surface area contributed by atoms with Gasteiger partial charge in [0.25, 0.3) is 0 Å². The van der Waals surface area contributed by atoms with Crippen molar-refractivity contribution in [3.63, 3.8) is 0 Å². The van der Waals surface area contributed by atoms with E-state index < -0.39 is 17.0 Å². The van der Waals surface area contributed by atoms with Crippen molar-refractivity contribution in [1.82, 2.24) is 0 Å². The van der Waals surface area contributed by atoms with Crippen LogP contribution in [0.2, 0.25) is 10.0 Å². The van der Waals surface area contributed by atoms with E-state index in [1.807, 2.05) is 56.8 Å². The van der Waals surface area contributed by atoms with Gasteiger partial charge in [0, 0.05) is 41.3 Å². The van der Waals surface area contributed by atoms with E-state index in [9.17, 15) is 8.42 Å². The molecule has 9 rings (SSSR count). The summed E-state index contributed by atoms with van der Waals surface area (Å²) < 4.78 is 25.1. The number of benzene rings is 7. The second-order valence-corrected chi connectivity index (χ2v) is 21.0. The number of hydrogen-bond donors (Lipinski definition) is 2. The van der Waals surface area contributed by atoms with Gasteiger partial charge in [0.15, 0.2) is 9.84 Å². The number of nitrogens with zero attached hydrogens (tertiary/aromatic N) is 1. The van der Waals surface area contributed by atoms with Crippen LogP contribution in [0.1, 0.15) is 75.4 Å². The van der Waals surface area contributed by atoms with Gasteiger partial charge in [-0.3, -0.25) is 4.99 Å². The molecule has 7 aromatic carbocycles. The van der Waals surface area contributed by atoms with Crippen LogP contribution in [0.15, 0.2) is 175 Å². The molecule has 0 bridgehead atoms. The summed E-state index contributed by atoms with van der Waals surface area (Å²) in [4.78, 5) is 10.0. The summed E-state index contributed by atoms with van der Waals surface area (Å²) in [6, 6.07) is 48.5. The van der Waals surface area contributed by atoms with E-state index in [0.717, 1.165) is 40.3 Å². The van der Waals surface area contributed by atoms with Crippen molar-refractivity contribution in [3.05, 3.63) is 211 Å². The summed E-state index contributed by atoms with van der Waals surface area (Å²) in [5.74, 6) is 0.103. The van der Waals surface area contributed by atoms with Crippen LogP contribution >= 0.6 is 46.7 Å². The number of aliphatic imine (C=N–C) groups is 1. The van der Waals surface area contributed by atoms with Gasteiger partial charge in [0.05, 0.1) is 4.90 Å². The Morgan fingerprint density at radius 1 is 0.619 bits per heavy atom. The molecule has 2 aliphatic heterocycles. The second kappa shape index (κ2) is 20.5. The first-order valence-electron chi connectivity index (χ1n) is 20.6. The molecule has 0 saturated heterocycles. The zero-order valence-electron chi connectivity index (χ0n) is 35.8. The molecule has 0 fully saturated rings. The van der Waals surface area contributed by atoms with Crippen molar-refractivity contribution in [1.29, 1.82) is 0 Å². The molecule has 2 aliphatic rings. The van der Waals surface area contributed by atoms with E-state index in [-0.39, 0.29) is 5.88 Å². The monoisotopic (exact) mass is 927 g/mol. The van der Waals surface area contributed by atoms with Gasteiger partial charge in [-0.15, -0.1) is 0 Å². The summed E-state index contributed by atoms with van der Waals surface area (Å²) in [7, 11) is -4.87. The Morgan fingerprint density at radius 3 is 1.75 bits per heavy atom. The lowest BCUT2D eigenvalue weighted by atomic mass is 9.80. The topological polar surface area (TPSA) is 87.0 Å². The summed E-state index contributed by atoms with van der Waals surface area (Å²) in [6.07, 6.45) is 1.91. The highest BCUT2D eigenvalue weighted by Gasteiger charge is 2.20. The molecule has 2 N–H and O–H groups in total. The van der Waals surface area contributed by atoms with Crippen molar-refractivity contribution in [2.24, 2.45) is 4.99 Å². The van der Waals surface area contributed by atoms with Gasteiger partial charge in [0.2, 0.25) is 0 Å². The first-order valence-corrected chi connectivity index (χ1v) is 24.6. The van der Waals surface area contributed by atoms with Crippen LogP contribution in [0.25, 0.3) is 0 Å². The summed E-state index contributed by atoms with van der Waals surface area (Å²) in [5, 5.41) is 18.9. The van der Waals surface area contributed by atoms with Crippen LogP contribution in [-0.4, -0.2) is 37.2 Å². The summed E-state index contributed by atoms with van der Waals surface area (Å²) in [6.45, 7) is 10.0. The van der Waals surface area contributed by atoms with Gasteiger partial charge in [0.1, 0.15) is 5.88 Å². The molecule has 1 atom stereocenters. The number of rotatable bonds is 7. The standard InChI is InChI=1S/C23H21NO2S2.C22H19ClS.C7H8BClO2/c1-16-7-10-21(11-8-16)28(25,26)15-24-17(2)18-9-12-23-20(13-18)14-19-5-3-4-6-22(19)27-23;1-14-9-18(13-20(23)10-14)15(2)16-7-8-22-19(11-16)12-17-5-3-4-6-21(17)24-22;1-5-2-6(8(10)11)4-7(9)3-5/h3-13H,14-15H2,1-2H3;3-11,13,15H,12H2,1-2H3;2-4,10-11H,1H3. The third-order valence-corrected chi connectivity index (χ3v) is 15.4. The van der Waals surface area contributed by atoms with E-state index in [4.69, 9.17) is 33.2 Å². The lowest BCUT2D eigenvalue weighted by molar-refractivity contribution is 0.425. The fourth-order valence-corrected chi connectivity index (χ4v) is 11.3. The molecule has 0 saturated carbocycles. The highest BCUT2D eigenvalue weighted by molar-refractivity contribution is 7.99. The first-order chi connectivity index (χ1) is 30.1. The Balaban J connectivity index is 0.000000154. The molecule has 1 unspecified atom stereocenters. The maximum atomic E-state index is 12.5. The number of halogens is 2. The Kier molecular flexibility index (Phi) is 15.1. The molecule has 0 radical (unpaired) electrons. The quantitative estimate of drug-likeness (QED) is 0.122. The van der Waals surface area contributed by atoms with Crippen LogP contribution < -0.4 is 5.46 Å². The van der Waals surface area contributed by atoms with Gasteiger partial charge >= 0.3 is 7.12 Å². The molecule has 0 aliphatic carbocycles. The third-order valence-electron chi connectivity index (χ3n) is 11.0. The van der Waals surface area contributed by atoms with Gasteiger partial charge < -0.3 is 10.0 Å². The molecular formula is C52H48BCl2NO4S3. The number of fused-ring (bicyclic) bond motifs is 4. The largest absolute Gasteiger partial charge is 0.488 e. The van der Waals surface area contributed by atoms with Gasteiger partial charge in [-0.2, -0.15) is 0 Å². The minimum absolute atomic E-state index is 0.240. The average Bonchev–Trinajstić information content (AvgIpc) is 3.26. The highest BCUT2D eigenvalue weighted by atomic mass is 35.5. The van der Waals surface area contributed by atoms with Crippen molar-refractivity contribution in [2.75, 3.05) is 5.88 Å². The van der Waals surface area contributed by atoms with E-state index in [1.54, 1.807) is 36.0 Å². The molecule has 63 heavy (non-hydrogen) atoms. The van der Waals surface area contributed by atoms with E-state index in [0.29, 0.717) is 21.3 Å². The maximum absolute atomic E-state index is 12.5. The van der Waals surface area contributed by atoms with Crippen LogP contribution in [0.5, 0.6) is 0 Å². The van der Waals surface area contributed by atoms with Crippen LogP contribution in [-0.2, 0) is 22.7 Å². The molecule has 0 aromatic heterocycles. The fourth-order valence-electron chi connectivity index (χ4n) is 7.51. The maximum Gasteiger partial charge on any atom is 0.488 e. The van der Waals surface area contributed by atoms with Crippen molar-refractivity contribution < 1.29 is 18.5 Å². The Bertz CT molecular complexity index is 2880. The molecule has 320 valence electrons. The van der Waals surface area contributed by atoms with Crippen LogP contribution in [0.4, 0.5) is 0 Å². The third kappa shape index (κ3) is 12.0. The average molecular weight is 929 g/mol. The number of hydrogen-bond acceptors (Lipinski definition) is 7. The predicted molar refractivity (Wildman–Crippen MR) is 265 cm³/mol. The van der Waals surface area contributed by atoms with Gasteiger partial charge in [-0.05, 0) is 163 Å². The zero-order valence-corrected chi connectivity index (χ0v) is 39.7. The molecule has 5 nitrogen and oxygen atoms in total. The first kappa shape index (κ1) is 46.4. The molecule has 7 aromatic rings. The van der Waals surface area contributed by atoms with Gasteiger partial charge in [-0.25, -0.2) is 8.42 Å². The number of sulfone groups is 1. The van der Waals surface area contributed by atoms with Gasteiger partial charge in [-0.1, -0.05) is 138 Å². The SMILES string of the molecule is CC(=NCS(=O)(=O)c1ccc(C)cc1)c1ccc2c(c1)Cc1ccccc1S2.Cc1cc(Cl)cc(B(O)O)c1.Cc1cc(Cl)cc(C(C)c2ccc3c(c2)Cc2ccccc2S3)c1. The molecule has 2 heterocycles. The van der Waals surface area contributed by atoms with E-state index in [2.05, 4.69) is 110 Å². The summed E-state index contributed by atoms with van der Waals surface area (Å²) in [5.41, 5.74) is 13.4. The minimum atomic E-state index is -3.43. The zero-order chi connectivity index (χ0) is 44.8.